The van der Waals surface area contributed by atoms with Crippen LogP contribution in [0.15, 0.2) is 23.3 Å². The molecule has 3 nitrogen and oxygen atoms in total. The Morgan fingerprint density at radius 3 is 3.00 bits per heavy atom. The lowest BCUT2D eigenvalue weighted by Crippen LogP contribution is -2.08. The lowest BCUT2D eigenvalue weighted by molar-refractivity contribution is 0.620. The average molecular weight is 178 g/mol. The molecule has 0 fully saturated rings. The smallest absolute Gasteiger partial charge is 0.258 e. The third-order valence-electron chi connectivity index (χ3n) is 2.00. The molecular weight excluding hydrogens is 171 g/mol. The second-order valence-corrected chi connectivity index (χ2v) is 2.80. The second-order valence-electron chi connectivity index (χ2n) is 2.80. The summed E-state index contributed by atoms with van der Waals surface area (Å²) in [4.78, 5) is 17.6. The number of nitrogens with zero attached hydrogens (tertiary/aromatic N) is 1. The first-order valence-corrected chi connectivity index (χ1v) is 3.82. The topological polar surface area (TPSA) is 45.8 Å². The number of fused-ring (bicyclic) bond motifs is 1. The molecule has 0 aliphatic carbocycles. The van der Waals surface area contributed by atoms with Crippen LogP contribution in [0.4, 0.5) is 4.39 Å². The number of nitrogens with one attached hydrogen (secondary N) is 1. The van der Waals surface area contributed by atoms with Gasteiger partial charge in [-0.25, -0.2) is 9.37 Å². The first-order chi connectivity index (χ1) is 6.20. The Labute approximate surface area is 73.2 Å². The van der Waals surface area contributed by atoms with E-state index in [0.717, 1.165) is 0 Å². The molecule has 0 radical (unpaired) electrons. The van der Waals surface area contributed by atoms with Crippen LogP contribution in [0.25, 0.3) is 10.9 Å². The molecule has 0 saturated carbocycles. The van der Waals surface area contributed by atoms with E-state index >= 15 is 0 Å². The highest BCUT2D eigenvalue weighted by Gasteiger charge is 2.06. The predicted octanol–water partition coefficient (Wildman–Crippen LogP) is 1.37. The molecule has 1 aromatic carbocycles. The molecule has 0 saturated heterocycles. The molecule has 0 atom stereocenters. The first kappa shape index (κ1) is 7.91. The van der Waals surface area contributed by atoms with Gasteiger partial charge in [-0.05, 0) is 24.6 Å². The lowest BCUT2D eigenvalue weighted by atomic mass is 10.1. The summed E-state index contributed by atoms with van der Waals surface area (Å²) in [7, 11) is 0. The quantitative estimate of drug-likeness (QED) is 0.662. The van der Waals surface area contributed by atoms with Gasteiger partial charge in [0, 0.05) is 0 Å². The van der Waals surface area contributed by atoms with Gasteiger partial charge in [-0.15, -0.1) is 0 Å². The van der Waals surface area contributed by atoms with Crippen molar-refractivity contribution in [2.45, 2.75) is 6.92 Å². The molecule has 0 unspecified atom stereocenters. The third-order valence-corrected chi connectivity index (χ3v) is 2.00. The van der Waals surface area contributed by atoms with Crippen LogP contribution in [0.3, 0.4) is 0 Å². The molecule has 0 amide bonds. The molecule has 66 valence electrons. The van der Waals surface area contributed by atoms with E-state index < -0.39 is 0 Å². The Hall–Kier alpha value is -1.71. The highest BCUT2D eigenvalue weighted by molar-refractivity contribution is 5.80. The molecule has 0 aliphatic rings. The van der Waals surface area contributed by atoms with Gasteiger partial charge in [0.25, 0.3) is 5.56 Å². The molecule has 4 heteroatoms. The van der Waals surface area contributed by atoms with Crippen LogP contribution in [-0.2, 0) is 0 Å². The van der Waals surface area contributed by atoms with Crippen molar-refractivity contribution in [2.24, 2.45) is 0 Å². The zero-order chi connectivity index (χ0) is 9.42. The van der Waals surface area contributed by atoms with Crippen molar-refractivity contribution in [2.75, 3.05) is 0 Å². The van der Waals surface area contributed by atoms with E-state index in [1.165, 1.54) is 18.5 Å². The lowest BCUT2D eigenvalue weighted by Gasteiger charge is -1.99. The van der Waals surface area contributed by atoms with Crippen molar-refractivity contribution in [3.8, 4) is 0 Å². The number of aromatic amines is 1. The number of hydrogen-bond acceptors (Lipinski definition) is 2. The summed E-state index contributed by atoms with van der Waals surface area (Å²) in [6.07, 6.45) is 1.31. The van der Waals surface area contributed by atoms with E-state index in [1.807, 2.05) is 0 Å². The Bertz CT molecular complexity index is 518. The minimum absolute atomic E-state index is 0.304. The monoisotopic (exact) mass is 178 g/mol. The van der Waals surface area contributed by atoms with Gasteiger partial charge < -0.3 is 4.98 Å². The van der Waals surface area contributed by atoms with Crippen molar-refractivity contribution in [1.29, 1.82) is 0 Å². The molecule has 1 aromatic heterocycles. The number of halogens is 1. The van der Waals surface area contributed by atoms with Gasteiger partial charge in [-0.2, -0.15) is 0 Å². The number of benzene rings is 1. The van der Waals surface area contributed by atoms with E-state index in [0.29, 0.717) is 16.5 Å². The SMILES string of the molecule is Cc1c(F)ccc2nc[nH]c(=O)c12. The normalized spacial score (nSPS) is 10.6. The number of H-pyrrole nitrogens is 1. The van der Waals surface area contributed by atoms with E-state index in [9.17, 15) is 9.18 Å². The highest BCUT2D eigenvalue weighted by atomic mass is 19.1. The van der Waals surface area contributed by atoms with E-state index in [2.05, 4.69) is 9.97 Å². The predicted molar refractivity (Wildman–Crippen MR) is 47.1 cm³/mol. The van der Waals surface area contributed by atoms with Gasteiger partial charge in [-0.1, -0.05) is 0 Å². The number of rotatable bonds is 0. The minimum atomic E-state index is -0.383. The molecule has 1 N–H and O–H groups in total. The standard InChI is InChI=1S/C9H7FN2O/c1-5-6(10)2-3-7-8(5)9(13)12-4-11-7/h2-4H,1H3,(H,11,12,13). The molecule has 0 bridgehead atoms. The van der Waals surface area contributed by atoms with Crippen molar-refractivity contribution < 1.29 is 4.39 Å². The zero-order valence-electron chi connectivity index (χ0n) is 6.97. The Morgan fingerprint density at radius 2 is 2.23 bits per heavy atom. The Kier molecular flexibility index (Phi) is 1.62. The van der Waals surface area contributed by atoms with Crippen LogP contribution in [0.2, 0.25) is 0 Å². The summed E-state index contributed by atoms with van der Waals surface area (Å²) in [5.74, 6) is -0.383. The zero-order valence-corrected chi connectivity index (χ0v) is 6.97. The molecular formula is C9H7FN2O. The fourth-order valence-corrected chi connectivity index (χ4v) is 1.30. The fraction of sp³-hybridized carbons (Fsp3) is 0.111. The maximum absolute atomic E-state index is 13.0. The summed E-state index contributed by atoms with van der Waals surface area (Å²) in [5, 5.41) is 0.322. The van der Waals surface area contributed by atoms with Gasteiger partial charge in [0.15, 0.2) is 0 Å². The summed E-state index contributed by atoms with van der Waals surface area (Å²) in [6.45, 7) is 1.56. The van der Waals surface area contributed by atoms with E-state index in [4.69, 9.17) is 0 Å². The molecule has 2 rings (SSSR count). The van der Waals surface area contributed by atoms with Crippen LogP contribution in [-0.4, -0.2) is 9.97 Å². The van der Waals surface area contributed by atoms with E-state index in [1.54, 1.807) is 6.92 Å². The summed E-state index contributed by atoms with van der Waals surface area (Å²) < 4.78 is 13.0. The molecule has 0 spiro atoms. The van der Waals surface area contributed by atoms with Crippen molar-refractivity contribution in [3.63, 3.8) is 0 Å². The van der Waals surface area contributed by atoms with Crippen LogP contribution in [0.1, 0.15) is 5.56 Å². The fourth-order valence-electron chi connectivity index (χ4n) is 1.30. The molecule has 13 heavy (non-hydrogen) atoms. The average Bonchev–Trinajstić information content (AvgIpc) is 2.12. The van der Waals surface area contributed by atoms with Gasteiger partial charge in [0.1, 0.15) is 5.82 Å². The van der Waals surface area contributed by atoms with Crippen LogP contribution in [0, 0.1) is 12.7 Å². The minimum Gasteiger partial charge on any atom is -0.313 e. The van der Waals surface area contributed by atoms with Gasteiger partial charge >= 0.3 is 0 Å². The largest absolute Gasteiger partial charge is 0.313 e. The van der Waals surface area contributed by atoms with Crippen molar-refractivity contribution in [1.82, 2.24) is 9.97 Å². The highest BCUT2D eigenvalue weighted by Crippen LogP contribution is 2.14. The van der Waals surface area contributed by atoms with Crippen molar-refractivity contribution in [3.05, 3.63) is 40.2 Å². The van der Waals surface area contributed by atoms with Crippen LogP contribution >= 0.6 is 0 Å². The van der Waals surface area contributed by atoms with Gasteiger partial charge in [-0.3, -0.25) is 4.79 Å². The molecule has 2 aromatic rings. The second kappa shape index (κ2) is 2.65. The third kappa shape index (κ3) is 1.11. The van der Waals surface area contributed by atoms with Crippen molar-refractivity contribution >= 4 is 10.9 Å². The number of aryl methyl sites for hydroxylation is 1. The Morgan fingerprint density at radius 1 is 1.46 bits per heavy atom. The van der Waals surface area contributed by atoms with Gasteiger partial charge in [0.05, 0.1) is 17.2 Å². The summed E-state index contributed by atoms with van der Waals surface area (Å²) in [5.41, 5.74) is 0.552. The van der Waals surface area contributed by atoms with E-state index in [-0.39, 0.29) is 11.4 Å². The maximum Gasteiger partial charge on any atom is 0.258 e. The van der Waals surface area contributed by atoms with Gasteiger partial charge in [0.2, 0.25) is 0 Å². The maximum atomic E-state index is 13.0. The van der Waals surface area contributed by atoms with Crippen LogP contribution in [0.5, 0.6) is 0 Å². The van der Waals surface area contributed by atoms with Crippen LogP contribution < -0.4 is 5.56 Å². The Balaban J connectivity index is 3.06. The first-order valence-electron chi connectivity index (χ1n) is 3.82. The molecule has 1 heterocycles. The summed E-state index contributed by atoms with van der Waals surface area (Å²) >= 11 is 0. The number of hydrogen-bond donors (Lipinski definition) is 1. The number of aromatic nitrogens is 2. The summed E-state index contributed by atoms with van der Waals surface area (Å²) in [6, 6.07) is 2.80. The molecule has 0 aliphatic heterocycles.